The first-order valence-corrected chi connectivity index (χ1v) is 9.60. The number of carbonyl (C=O) groups excluding carboxylic acids is 2. The van der Waals surface area contributed by atoms with Crippen molar-refractivity contribution in [2.45, 2.75) is 51.3 Å². The Morgan fingerprint density at radius 1 is 1.14 bits per heavy atom. The molecule has 5 N–H and O–H groups in total. The number of hydrogen-bond donors (Lipinski definition) is 4. The Morgan fingerprint density at radius 2 is 1.83 bits per heavy atom. The fourth-order valence-electron chi connectivity index (χ4n) is 2.71. The summed E-state index contributed by atoms with van der Waals surface area (Å²) in [6, 6.07) is 8.16. The van der Waals surface area contributed by atoms with Gasteiger partial charge in [-0.05, 0) is 35.7 Å². The lowest BCUT2D eigenvalue weighted by Gasteiger charge is -2.20. The average Bonchev–Trinajstić information content (AvgIpc) is 2.72. The number of aliphatic hydroxyl groups excluding tert-OH is 1. The lowest BCUT2D eigenvalue weighted by Crippen LogP contribution is -2.50. The Balaban J connectivity index is 2.05. The highest BCUT2D eigenvalue weighted by molar-refractivity contribution is 5.89. The van der Waals surface area contributed by atoms with E-state index in [0.29, 0.717) is 24.2 Å². The zero-order valence-electron chi connectivity index (χ0n) is 16.4. The molecule has 7 nitrogen and oxygen atoms in total. The van der Waals surface area contributed by atoms with Crippen molar-refractivity contribution in [1.82, 2.24) is 15.6 Å². The number of hydrogen-bond acceptors (Lipinski definition) is 5. The van der Waals surface area contributed by atoms with E-state index < -0.39 is 24.0 Å². The van der Waals surface area contributed by atoms with Crippen LogP contribution in [-0.4, -0.2) is 34.1 Å². The SMILES string of the molecule is CCCC[C@H](O)C(=O)N[C@@H](Cc1ccc(F)cc1)C(=O)NCc1ccc(N)nc1. The minimum atomic E-state index is -1.18. The number of amides is 2. The van der Waals surface area contributed by atoms with Gasteiger partial charge in [0, 0.05) is 19.2 Å². The van der Waals surface area contributed by atoms with Crippen LogP contribution in [0.4, 0.5) is 10.2 Å². The highest BCUT2D eigenvalue weighted by Gasteiger charge is 2.24. The zero-order valence-corrected chi connectivity index (χ0v) is 16.4. The van der Waals surface area contributed by atoms with Crippen molar-refractivity contribution < 1.29 is 19.1 Å². The maximum atomic E-state index is 13.2. The van der Waals surface area contributed by atoms with E-state index in [1.165, 1.54) is 12.1 Å². The minimum Gasteiger partial charge on any atom is -0.384 e. The van der Waals surface area contributed by atoms with Gasteiger partial charge in [-0.15, -0.1) is 0 Å². The number of pyridine rings is 1. The number of aliphatic hydroxyl groups is 1. The van der Waals surface area contributed by atoms with Crippen molar-refractivity contribution in [2.24, 2.45) is 0 Å². The molecule has 0 aliphatic heterocycles. The first-order valence-electron chi connectivity index (χ1n) is 9.60. The van der Waals surface area contributed by atoms with Crippen molar-refractivity contribution in [3.8, 4) is 0 Å². The van der Waals surface area contributed by atoms with Crippen molar-refractivity contribution in [1.29, 1.82) is 0 Å². The van der Waals surface area contributed by atoms with E-state index in [1.54, 1.807) is 30.5 Å². The summed E-state index contributed by atoms with van der Waals surface area (Å²) in [5.41, 5.74) is 6.99. The maximum absolute atomic E-state index is 13.2. The second-order valence-corrected chi connectivity index (χ2v) is 6.86. The number of halogens is 1. The largest absolute Gasteiger partial charge is 0.384 e. The van der Waals surface area contributed by atoms with Gasteiger partial charge in [0.05, 0.1) is 0 Å². The molecule has 0 fully saturated rings. The summed E-state index contributed by atoms with van der Waals surface area (Å²) in [4.78, 5) is 29.0. The third-order valence-corrected chi connectivity index (χ3v) is 4.43. The van der Waals surface area contributed by atoms with Gasteiger partial charge in [0.1, 0.15) is 23.8 Å². The Labute approximate surface area is 169 Å². The van der Waals surface area contributed by atoms with E-state index >= 15 is 0 Å². The van der Waals surface area contributed by atoms with Crippen molar-refractivity contribution in [3.63, 3.8) is 0 Å². The smallest absolute Gasteiger partial charge is 0.249 e. The highest BCUT2D eigenvalue weighted by atomic mass is 19.1. The molecule has 0 radical (unpaired) electrons. The van der Waals surface area contributed by atoms with Gasteiger partial charge in [0.2, 0.25) is 11.8 Å². The summed E-state index contributed by atoms with van der Waals surface area (Å²) in [7, 11) is 0. The van der Waals surface area contributed by atoms with E-state index in [9.17, 15) is 19.1 Å². The molecule has 156 valence electrons. The number of nitrogen functional groups attached to an aromatic ring is 1. The van der Waals surface area contributed by atoms with Crippen LogP contribution in [0.3, 0.4) is 0 Å². The van der Waals surface area contributed by atoms with Gasteiger partial charge < -0.3 is 21.5 Å². The molecule has 1 heterocycles. The predicted octanol–water partition coefficient (Wildman–Crippen LogP) is 1.70. The summed E-state index contributed by atoms with van der Waals surface area (Å²) in [6.45, 7) is 2.17. The van der Waals surface area contributed by atoms with E-state index in [0.717, 1.165) is 12.0 Å². The molecule has 29 heavy (non-hydrogen) atoms. The van der Waals surface area contributed by atoms with E-state index in [-0.39, 0.29) is 18.8 Å². The molecule has 2 rings (SSSR count). The van der Waals surface area contributed by atoms with Gasteiger partial charge in [-0.25, -0.2) is 9.37 Å². The third-order valence-electron chi connectivity index (χ3n) is 4.43. The number of aromatic nitrogens is 1. The first-order chi connectivity index (χ1) is 13.9. The number of unbranched alkanes of at least 4 members (excludes halogenated alkanes) is 1. The molecular formula is C21H27FN4O3. The van der Waals surface area contributed by atoms with Crippen LogP contribution in [-0.2, 0) is 22.6 Å². The Kier molecular flexibility index (Phi) is 8.54. The summed E-state index contributed by atoms with van der Waals surface area (Å²) in [5.74, 6) is -1.02. The predicted molar refractivity (Wildman–Crippen MR) is 108 cm³/mol. The van der Waals surface area contributed by atoms with Gasteiger partial charge in [0.25, 0.3) is 0 Å². The molecule has 2 atom stereocenters. The van der Waals surface area contributed by atoms with Crippen LogP contribution in [0.25, 0.3) is 0 Å². The van der Waals surface area contributed by atoms with E-state index in [1.807, 2.05) is 6.92 Å². The molecule has 2 amide bonds. The quantitative estimate of drug-likeness (QED) is 0.483. The van der Waals surface area contributed by atoms with Crippen molar-refractivity contribution >= 4 is 17.6 Å². The summed E-state index contributed by atoms with van der Waals surface area (Å²) in [5, 5.41) is 15.4. The fraction of sp³-hybridized carbons (Fsp3) is 0.381. The standard InChI is InChI=1S/C21H27FN4O3/c1-2-3-4-18(27)21(29)26-17(11-14-5-8-16(22)9-6-14)20(28)25-13-15-7-10-19(23)24-12-15/h5-10,12,17-18,27H,2-4,11,13H2,1H3,(H2,23,24)(H,25,28)(H,26,29)/t17-,18-/m0/s1. The van der Waals surface area contributed by atoms with Crippen molar-refractivity contribution in [3.05, 3.63) is 59.5 Å². The average molecular weight is 402 g/mol. The third kappa shape index (κ3) is 7.50. The fourth-order valence-corrected chi connectivity index (χ4v) is 2.71. The topological polar surface area (TPSA) is 117 Å². The van der Waals surface area contributed by atoms with Gasteiger partial charge in [-0.3, -0.25) is 9.59 Å². The normalized spacial score (nSPS) is 12.8. The molecule has 1 aromatic carbocycles. The number of benzene rings is 1. The monoisotopic (exact) mass is 402 g/mol. The molecule has 2 aromatic rings. The van der Waals surface area contributed by atoms with Crippen LogP contribution in [0.5, 0.6) is 0 Å². The van der Waals surface area contributed by atoms with E-state index in [4.69, 9.17) is 5.73 Å². The maximum Gasteiger partial charge on any atom is 0.249 e. The second-order valence-electron chi connectivity index (χ2n) is 6.86. The molecule has 0 saturated carbocycles. The minimum absolute atomic E-state index is 0.165. The zero-order chi connectivity index (χ0) is 21.2. The molecule has 0 unspecified atom stereocenters. The van der Waals surface area contributed by atoms with E-state index in [2.05, 4.69) is 15.6 Å². The number of nitrogens with one attached hydrogen (secondary N) is 2. The summed E-state index contributed by atoms with van der Waals surface area (Å²) >= 11 is 0. The number of nitrogens with two attached hydrogens (primary N) is 1. The molecule has 1 aromatic heterocycles. The first kappa shape index (κ1) is 22.3. The number of nitrogens with zero attached hydrogens (tertiary/aromatic N) is 1. The Morgan fingerprint density at radius 3 is 2.45 bits per heavy atom. The molecule has 8 heteroatoms. The molecule has 0 aliphatic rings. The van der Waals surface area contributed by atoms with Crippen LogP contribution >= 0.6 is 0 Å². The molecule has 0 saturated heterocycles. The number of anilines is 1. The lowest BCUT2D eigenvalue weighted by molar-refractivity contribution is -0.134. The van der Waals surface area contributed by atoms with Crippen molar-refractivity contribution in [2.75, 3.05) is 5.73 Å². The molecule has 0 aliphatic carbocycles. The summed E-state index contributed by atoms with van der Waals surface area (Å²) < 4.78 is 13.2. The lowest BCUT2D eigenvalue weighted by atomic mass is 10.0. The highest BCUT2D eigenvalue weighted by Crippen LogP contribution is 2.08. The second kappa shape index (κ2) is 11.1. The van der Waals surface area contributed by atoms with Gasteiger partial charge in [-0.1, -0.05) is 38.0 Å². The van der Waals surface area contributed by atoms with Gasteiger partial charge >= 0.3 is 0 Å². The Bertz CT molecular complexity index is 797. The molecule has 0 spiro atoms. The molecule has 0 bridgehead atoms. The number of rotatable bonds is 10. The van der Waals surface area contributed by atoms with Crippen LogP contribution in [0.1, 0.15) is 37.3 Å². The van der Waals surface area contributed by atoms with Gasteiger partial charge in [-0.2, -0.15) is 0 Å². The number of carbonyl (C=O) groups is 2. The summed E-state index contributed by atoms with van der Waals surface area (Å²) in [6.07, 6.45) is 2.41. The van der Waals surface area contributed by atoms with Crippen LogP contribution in [0.15, 0.2) is 42.6 Å². The van der Waals surface area contributed by atoms with Crippen LogP contribution < -0.4 is 16.4 Å². The molecular weight excluding hydrogens is 375 g/mol. The van der Waals surface area contributed by atoms with Gasteiger partial charge in [0.15, 0.2) is 0 Å². The Hall–Kier alpha value is -3.00. The van der Waals surface area contributed by atoms with Crippen LogP contribution in [0.2, 0.25) is 0 Å². The van der Waals surface area contributed by atoms with Crippen LogP contribution in [0, 0.1) is 5.82 Å².